The van der Waals surface area contributed by atoms with Crippen molar-refractivity contribution in [3.63, 3.8) is 0 Å². The Balaban J connectivity index is 2.17. The molecule has 26 heavy (non-hydrogen) atoms. The molecule has 140 valence electrons. The molecule has 8 nitrogen and oxygen atoms in total. The second-order valence-electron chi connectivity index (χ2n) is 6.68. The minimum atomic E-state index is -0.954. The largest absolute Gasteiger partial charge is 0.444 e. The molecule has 0 fully saturated rings. The fourth-order valence-corrected chi connectivity index (χ4v) is 2.44. The molecule has 9 heteroatoms. The van der Waals surface area contributed by atoms with Gasteiger partial charge in [-0.1, -0.05) is 30.8 Å². The maximum absolute atomic E-state index is 12.4. The molecule has 3 amide bonds. The summed E-state index contributed by atoms with van der Waals surface area (Å²) in [5.74, 6) is -0.594. The maximum Gasteiger partial charge on any atom is 0.408 e. The Hall–Kier alpha value is -2.68. The molecule has 0 saturated carbocycles. The van der Waals surface area contributed by atoms with Gasteiger partial charge in [0.15, 0.2) is 0 Å². The monoisotopic (exact) mass is 378 g/mol. The molecule has 1 atom stereocenters. The van der Waals surface area contributed by atoms with E-state index in [0.717, 1.165) is 16.5 Å². The standard InChI is InChI=1S/C17H22N4O4S/c1-17(2,3)25-15(23)19-13(14(22)20-21-16(24)26)8-10-9-18-12-7-5-4-6-11(10)12/h4-7,9,13,18H,8H2,1-3H3,(H,19,23)(H,20,22)(H2,21,24,26)/t13-/m0/s1. The van der Waals surface area contributed by atoms with Gasteiger partial charge in [0, 0.05) is 23.5 Å². The molecule has 1 heterocycles. The molecule has 1 aromatic carbocycles. The molecule has 0 bridgehead atoms. The van der Waals surface area contributed by atoms with Gasteiger partial charge in [0.05, 0.1) is 0 Å². The zero-order valence-electron chi connectivity index (χ0n) is 14.8. The molecule has 0 radical (unpaired) electrons. The number of amides is 3. The molecular weight excluding hydrogens is 356 g/mol. The van der Waals surface area contributed by atoms with Crippen molar-refractivity contribution in [3.8, 4) is 0 Å². The molecule has 0 unspecified atom stereocenters. The van der Waals surface area contributed by atoms with Gasteiger partial charge in [-0.2, -0.15) is 0 Å². The van der Waals surface area contributed by atoms with Gasteiger partial charge in [-0.05, 0) is 32.4 Å². The summed E-state index contributed by atoms with van der Waals surface area (Å²) >= 11 is 3.52. The number of nitrogens with one attached hydrogen (secondary N) is 4. The van der Waals surface area contributed by atoms with Crippen LogP contribution in [-0.2, 0) is 16.0 Å². The number of ether oxygens (including phenoxy) is 1. The number of aromatic amines is 1. The molecule has 0 saturated heterocycles. The quantitative estimate of drug-likeness (QED) is 0.415. The number of rotatable bonds is 4. The van der Waals surface area contributed by atoms with Crippen molar-refractivity contribution in [2.75, 3.05) is 0 Å². The number of H-pyrrole nitrogens is 1. The lowest BCUT2D eigenvalue weighted by molar-refractivity contribution is -0.123. The number of para-hydroxylation sites is 1. The second-order valence-corrected chi connectivity index (χ2v) is 7.09. The first-order valence-electron chi connectivity index (χ1n) is 7.99. The SMILES string of the molecule is CC(C)(C)OC(=O)N[C@@H](Cc1c[nH]c2ccccc12)C(=O)NNC(=O)S. The molecule has 0 aliphatic rings. The Bertz CT molecular complexity index is 812. The molecule has 0 aliphatic heterocycles. The first-order chi connectivity index (χ1) is 12.2. The van der Waals surface area contributed by atoms with Crippen LogP contribution in [0.25, 0.3) is 10.9 Å². The molecule has 0 aliphatic carbocycles. The summed E-state index contributed by atoms with van der Waals surface area (Å²) in [6.07, 6.45) is 1.26. The number of fused-ring (bicyclic) bond motifs is 1. The normalized spacial score (nSPS) is 12.3. The summed E-state index contributed by atoms with van der Waals surface area (Å²) in [5.41, 5.74) is 5.36. The van der Waals surface area contributed by atoms with Gasteiger partial charge >= 0.3 is 6.09 Å². The fraction of sp³-hybridized carbons (Fsp3) is 0.353. The molecule has 2 aromatic rings. The van der Waals surface area contributed by atoms with Gasteiger partial charge in [0.25, 0.3) is 11.1 Å². The number of hydrogen-bond donors (Lipinski definition) is 5. The average molecular weight is 378 g/mol. The molecular formula is C17H22N4O4S. The van der Waals surface area contributed by atoms with E-state index in [2.05, 4.69) is 33.8 Å². The lowest BCUT2D eigenvalue weighted by atomic mass is 10.0. The zero-order valence-corrected chi connectivity index (χ0v) is 15.6. The highest BCUT2D eigenvalue weighted by atomic mass is 32.1. The molecule has 2 rings (SSSR count). The van der Waals surface area contributed by atoms with Crippen molar-refractivity contribution in [3.05, 3.63) is 36.0 Å². The van der Waals surface area contributed by atoms with Gasteiger partial charge in [-0.3, -0.25) is 20.4 Å². The first kappa shape index (κ1) is 19.6. The lowest BCUT2D eigenvalue weighted by Crippen LogP contribution is -2.53. The smallest absolute Gasteiger partial charge is 0.408 e. The van der Waals surface area contributed by atoms with E-state index in [1.54, 1.807) is 27.0 Å². The summed E-state index contributed by atoms with van der Waals surface area (Å²) in [5, 5.41) is 2.76. The third-order valence-electron chi connectivity index (χ3n) is 3.40. The summed E-state index contributed by atoms with van der Waals surface area (Å²) in [6, 6.07) is 6.66. The van der Waals surface area contributed by atoms with Crippen LogP contribution < -0.4 is 16.2 Å². The van der Waals surface area contributed by atoms with Crippen molar-refractivity contribution >= 4 is 40.8 Å². The summed E-state index contributed by atoms with van der Waals surface area (Å²) < 4.78 is 5.21. The van der Waals surface area contributed by atoms with E-state index in [1.807, 2.05) is 24.3 Å². The number of alkyl carbamates (subject to hydrolysis) is 1. The van der Waals surface area contributed by atoms with Crippen LogP contribution in [0.2, 0.25) is 0 Å². The molecule has 4 N–H and O–H groups in total. The van der Waals surface area contributed by atoms with Gasteiger partial charge in [0.1, 0.15) is 11.6 Å². The van der Waals surface area contributed by atoms with Crippen LogP contribution in [0.15, 0.2) is 30.5 Å². The predicted octanol–water partition coefficient (Wildman–Crippen LogP) is 2.27. The van der Waals surface area contributed by atoms with Crippen LogP contribution in [-0.4, -0.2) is 33.9 Å². The van der Waals surface area contributed by atoms with Crippen LogP contribution in [0, 0.1) is 0 Å². The van der Waals surface area contributed by atoms with E-state index in [1.165, 1.54) is 0 Å². The van der Waals surface area contributed by atoms with Crippen LogP contribution in [0.3, 0.4) is 0 Å². The zero-order chi connectivity index (χ0) is 19.3. The topological polar surface area (TPSA) is 112 Å². The number of hydrazine groups is 1. The van der Waals surface area contributed by atoms with Crippen LogP contribution in [0.5, 0.6) is 0 Å². The van der Waals surface area contributed by atoms with E-state index < -0.39 is 28.9 Å². The summed E-state index contributed by atoms with van der Waals surface area (Å²) in [4.78, 5) is 38.5. The first-order valence-corrected chi connectivity index (χ1v) is 8.44. The minimum absolute atomic E-state index is 0.206. The van der Waals surface area contributed by atoms with E-state index in [0.29, 0.717) is 0 Å². The Kier molecular flexibility index (Phi) is 6.14. The van der Waals surface area contributed by atoms with Gasteiger partial charge < -0.3 is 15.0 Å². The van der Waals surface area contributed by atoms with E-state index >= 15 is 0 Å². The van der Waals surface area contributed by atoms with Crippen LogP contribution in [0.4, 0.5) is 9.59 Å². The van der Waals surface area contributed by atoms with Gasteiger partial charge in [0.2, 0.25) is 0 Å². The van der Waals surface area contributed by atoms with Gasteiger partial charge in [-0.25, -0.2) is 4.79 Å². The average Bonchev–Trinajstić information content (AvgIpc) is 2.93. The molecule has 0 spiro atoms. The highest BCUT2D eigenvalue weighted by Crippen LogP contribution is 2.19. The minimum Gasteiger partial charge on any atom is -0.444 e. The van der Waals surface area contributed by atoms with Crippen molar-refractivity contribution in [2.24, 2.45) is 0 Å². The van der Waals surface area contributed by atoms with E-state index in [-0.39, 0.29) is 6.42 Å². The fourth-order valence-electron chi connectivity index (χ4n) is 2.38. The third-order valence-corrected chi connectivity index (χ3v) is 3.51. The highest BCUT2D eigenvalue weighted by molar-refractivity contribution is 7.96. The van der Waals surface area contributed by atoms with Crippen molar-refractivity contribution in [2.45, 2.75) is 38.8 Å². The number of benzene rings is 1. The highest BCUT2D eigenvalue weighted by Gasteiger charge is 2.25. The maximum atomic E-state index is 12.4. The van der Waals surface area contributed by atoms with Crippen molar-refractivity contribution in [1.29, 1.82) is 0 Å². The van der Waals surface area contributed by atoms with Crippen molar-refractivity contribution in [1.82, 2.24) is 21.2 Å². The predicted molar refractivity (Wildman–Crippen MR) is 101 cm³/mol. The number of hydrogen-bond acceptors (Lipinski definition) is 4. The summed E-state index contributed by atoms with van der Waals surface area (Å²) in [6.45, 7) is 5.17. The second kappa shape index (κ2) is 8.13. The van der Waals surface area contributed by atoms with E-state index in [9.17, 15) is 14.4 Å². The number of aromatic nitrogens is 1. The van der Waals surface area contributed by atoms with Crippen molar-refractivity contribution < 1.29 is 19.1 Å². The Morgan fingerprint density at radius 2 is 1.88 bits per heavy atom. The Morgan fingerprint density at radius 3 is 2.54 bits per heavy atom. The van der Waals surface area contributed by atoms with Crippen LogP contribution >= 0.6 is 12.6 Å². The number of carbonyl (C=O) groups is 3. The summed E-state index contributed by atoms with van der Waals surface area (Å²) in [7, 11) is 0. The van der Waals surface area contributed by atoms with Gasteiger partial charge in [-0.15, -0.1) is 0 Å². The number of thiol groups is 1. The van der Waals surface area contributed by atoms with E-state index in [4.69, 9.17) is 4.74 Å². The van der Waals surface area contributed by atoms with Crippen LogP contribution in [0.1, 0.15) is 26.3 Å². The third kappa shape index (κ3) is 5.69. The Labute approximate surface area is 156 Å². The Morgan fingerprint density at radius 1 is 1.19 bits per heavy atom. The number of carbonyl (C=O) groups excluding carboxylic acids is 3. The molecule has 1 aromatic heterocycles. The lowest BCUT2D eigenvalue weighted by Gasteiger charge is -2.23.